The lowest BCUT2D eigenvalue weighted by atomic mass is 10.1. The Morgan fingerprint density at radius 1 is 1.33 bits per heavy atom. The summed E-state index contributed by atoms with van der Waals surface area (Å²) in [6, 6.07) is 5.90. The molecule has 0 saturated heterocycles. The molecule has 2 aromatic rings. The number of thioether (sulfide) groups is 2. The van der Waals surface area contributed by atoms with Gasteiger partial charge in [-0.05, 0) is 24.5 Å². The van der Waals surface area contributed by atoms with Gasteiger partial charge in [0.15, 0.2) is 8.68 Å². The van der Waals surface area contributed by atoms with E-state index in [1.165, 1.54) is 0 Å². The van der Waals surface area contributed by atoms with Crippen molar-refractivity contribution in [2.75, 3.05) is 19.9 Å². The van der Waals surface area contributed by atoms with Crippen molar-refractivity contribution in [2.24, 2.45) is 5.73 Å². The number of nitrogens with zero attached hydrogens (tertiary/aromatic N) is 2. The summed E-state index contributed by atoms with van der Waals surface area (Å²) in [7, 11) is 1.67. The Balaban J connectivity index is 2.13. The van der Waals surface area contributed by atoms with Gasteiger partial charge in [-0.25, -0.2) is 0 Å². The largest absolute Gasteiger partial charge is 0.496 e. The Kier molecular flexibility index (Phi) is 6.39. The molecule has 1 heterocycles. The van der Waals surface area contributed by atoms with E-state index in [-0.39, 0.29) is 0 Å². The minimum atomic E-state index is 0.359. The number of benzene rings is 1. The summed E-state index contributed by atoms with van der Waals surface area (Å²) >= 11 is 4.86. The second kappa shape index (κ2) is 8.29. The van der Waals surface area contributed by atoms with Gasteiger partial charge in [-0.1, -0.05) is 46.7 Å². The first kappa shape index (κ1) is 16.2. The summed E-state index contributed by atoms with van der Waals surface area (Å²) in [5.74, 6) is 7.53. The summed E-state index contributed by atoms with van der Waals surface area (Å²) in [6.45, 7) is 0.359. The van der Waals surface area contributed by atoms with Gasteiger partial charge in [0, 0.05) is 16.9 Å². The lowest BCUT2D eigenvalue weighted by Crippen LogP contribution is -1.94. The van der Waals surface area contributed by atoms with Crippen molar-refractivity contribution >= 4 is 34.9 Å². The fourth-order valence-electron chi connectivity index (χ4n) is 1.60. The maximum atomic E-state index is 5.40. The van der Waals surface area contributed by atoms with E-state index < -0.39 is 0 Å². The van der Waals surface area contributed by atoms with E-state index in [4.69, 9.17) is 10.5 Å². The number of aromatic nitrogens is 2. The molecule has 0 radical (unpaired) electrons. The molecule has 7 heteroatoms. The normalized spacial score (nSPS) is 10.0. The van der Waals surface area contributed by atoms with Gasteiger partial charge in [-0.2, -0.15) is 0 Å². The van der Waals surface area contributed by atoms with Crippen LogP contribution in [0.1, 0.15) is 11.1 Å². The third kappa shape index (κ3) is 4.64. The first-order valence-electron chi connectivity index (χ1n) is 6.13. The highest BCUT2D eigenvalue weighted by atomic mass is 32.2. The van der Waals surface area contributed by atoms with Gasteiger partial charge in [0.05, 0.1) is 13.7 Å². The van der Waals surface area contributed by atoms with Gasteiger partial charge in [0.25, 0.3) is 0 Å². The summed E-state index contributed by atoms with van der Waals surface area (Å²) in [6.07, 6.45) is 2.00. The summed E-state index contributed by atoms with van der Waals surface area (Å²) in [5.41, 5.74) is 7.44. The zero-order chi connectivity index (χ0) is 15.1. The molecule has 0 fully saturated rings. The van der Waals surface area contributed by atoms with Gasteiger partial charge in [0.1, 0.15) is 5.75 Å². The van der Waals surface area contributed by atoms with Crippen LogP contribution in [0, 0.1) is 11.8 Å². The third-order valence-corrected chi connectivity index (χ3v) is 5.61. The number of ether oxygens (including phenoxy) is 1. The monoisotopic (exact) mass is 337 g/mol. The Morgan fingerprint density at radius 3 is 2.81 bits per heavy atom. The minimum Gasteiger partial charge on any atom is -0.496 e. The van der Waals surface area contributed by atoms with E-state index >= 15 is 0 Å². The maximum Gasteiger partial charge on any atom is 0.175 e. The molecule has 0 atom stereocenters. The predicted molar refractivity (Wildman–Crippen MR) is 90.2 cm³/mol. The molecule has 2 rings (SSSR count). The van der Waals surface area contributed by atoms with Crippen LogP contribution in [-0.2, 0) is 5.75 Å². The SMILES string of the molecule is COc1ccc(C#CCN)cc1CSc1nnc(SC)s1. The molecule has 21 heavy (non-hydrogen) atoms. The van der Waals surface area contributed by atoms with Gasteiger partial charge in [-0.3, -0.25) is 0 Å². The second-order valence-electron chi connectivity index (χ2n) is 3.86. The van der Waals surface area contributed by atoms with E-state index in [0.29, 0.717) is 6.54 Å². The first-order valence-corrected chi connectivity index (χ1v) is 9.15. The number of methoxy groups -OCH3 is 1. The van der Waals surface area contributed by atoms with Crippen LogP contribution in [-0.4, -0.2) is 30.1 Å². The lowest BCUT2D eigenvalue weighted by Gasteiger charge is -2.07. The molecule has 0 unspecified atom stereocenters. The lowest BCUT2D eigenvalue weighted by molar-refractivity contribution is 0.411. The highest BCUT2D eigenvalue weighted by Gasteiger charge is 2.08. The Labute approximate surface area is 136 Å². The van der Waals surface area contributed by atoms with Crippen molar-refractivity contribution < 1.29 is 4.74 Å². The van der Waals surface area contributed by atoms with E-state index in [9.17, 15) is 0 Å². The van der Waals surface area contributed by atoms with E-state index in [1.54, 1.807) is 42.0 Å². The van der Waals surface area contributed by atoms with Gasteiger partial charge < -0.3 is 10.5 Å². The van der Waals surface area contributed by atoms with Crippen LogP contribution in [0.2, 0.25) is 0 Å². The molecule has 0 spiro atoms. The quantitative estimate of drug-likeness (QED) is 0.669. The molecular formula is C14H15N3OS3. The summed E-state index contributed by atoms with van der Waals surface area (Å²) in [4.78, 5) is 0. The van der Waals surface area contributed by atoms with Crippen LogP contribution < -0.4 is 10.5 Å². The first-order chi connectivity index (χ1) is 10.3. The highest BCUT2D eigenvalue weighted by Crippen LogP contribution is 2.32. The molecule has 0 amide bonds. The molecule has 0 saturated carbocycles. The van der Waals surface area contributed by atoms with E-state index in [0.717, 1.165) is 31.3 Å². The molecule has 0 aliphatic carbocycles. The van der Waals surface area contributed by atoms with E-state index in [2.05, 4.69) is 22.0 Å². The van der Waals surface area contributed by atoms with Crippen LogP contribution in [0.3, 0.4) is 0 Å². The predicted octanol–water partition coefficient (Wildman–Crippen LogP) is 2.87. The van der Waals surface area contributed by atoms with Gasteiger partial charge >= 0.3 is 0 Å². The zero-order valence-corrected chi connectivity index (χ0v) is 14.2. The molecule has 110 valence electrons. The third-order valence-electron chi connectivity index (χ3n) is 2.53. The molecule has 0 bridgehead atoms. The van der Waals surface area contributed by atoms with Crippen LogP contribution in [0.15, 0.2) is 26.9 Å². The highest BCUT2D eigenvalue weighted by molar-refractivity contribution is 8.02. The van der Waals surface area contributed by atoms with Crippen molar-refractivity contribution in [1.29, 1.82) is 0 Å². The van der Waals surface area contributed by atoms with Crippen LogP contribution >= 0.6 is 34.9 Å². The molecule has 1 aromatic carbocycles. The topological polar surface area (TPSA) is 61.0 Å². The van der Waals surface area contributed by atoms with Crippen molar-refractivity contribution in [3.8, 4) is 17.6 Å². The standard InChI is InChI=1S/C14H15N3OS3/c1-18-12-6-5-10(4-3-7-15)8-11(12)9-20-14-17-16-13(19-2)21-14/h5-6,8H,7,9,15H2,1-2H3. The molecule has 1 aromatic heterocycles. The van der Waals surface area contributed by atoms with Crippen molar-refractivity contribution in [3.05, 3.63) is 29.3 Å². The van der Waals surface area contributed by atoms with Crippen LogP contribution in [0.5, 0.6) is 5.75 Å². The molecule has 2 N–H and O–H groups in total. The van der Waals surface area contributed by atoms with E-state index in [1.807, 2.05) is 24.5 Å². The molecule has 0 aliphatic rings. The average Bonchev–Trinajstić information content (AvgIpc) is 2.99. The Morgan fingerprint density at radius 2 is 2.14 bits per heavy atom. The van der Waals surface area contributed by atoms with Crippen molar-refractivity contribution in [1.82, 2.24) is 10.2 Å². The smallest absolute Gasteiger partial charge is 0.175 e. The maximum absolute atomic E-state index is 5.40. The van der Waals surface area contributed by atoms with Gasteiger partial charge in [0.2, 0.25) is 0 Å². The Hall–Kier alpha value is -1.20. The minimum absolute atomic E-state index is 0.359. The fourth-order valence-corrected chi connectivity index (χ4v) is 4.02. The Bertz CT molecular complexity index is 661. The van der Waals surface area contributed by atoms with Crippen LogP contribution in [0.25, 0.3) is 0 Å². The molecule has 0 aliphatic heterocycles. The summed E-state index contributed by atoms with van der Waals surface area (Å²) in [5, 5.41) is 8.25. The van der Waals surface area contributed by atoms with Crippen LogP contribution in [0.4, 0.5) is 0 Å². The van der Waals surface area contributed by atoms with Crippen molar-refractivity contribution in [3.63, 3.8) is 0 Å². The second-order valence-corrected chi connectivity index (χ2v) is 7.11. The fraction of sp³-hybridized carbons (Fsp3) is 0.286. The molecule has 4 nitrogen and oxygen atoms in total. The molecular weight excluding hydrogens is 322 g/mol. The zero-order valence-electron chi connectivity index (χ0n) is 11.8. The van der Waals surface area contributed by atoms with Crippen molar-refractivity contribution in [2.45, 2.75) is 14.4 Å². The number of nitrogens with two attached hydrogens (primary N) is 1. The summed E-state index contributed by atoms with van der Waals surface area (Å²) < 4.78 is 7.33. The average molecular weight is 337 g/mol. The van der Waals surface area contributed by atoms with Gasteiger partial charge in [-0.15, -0.1) is 10.2 Å². The number of rotatable bonds is 5. The number of hydrogen-bond acceptors (Lipinski definition) is 7. The number of hydrogen-bond donors (Lipinski definition) is 1.